The van der Waals surface area contributed by atoms with E-state index in [-0.39, 0.29) is 23.4 Å². The normalized spacial score (nSPS) is 25.6. The summed E-state index contributed by atoms with van der Waals surface area (Å²) in [4.78, 5) is 18.4. The van der Waals surface area contributed by atoms with Crippen LogP contribution in [0.4, 0.5) is 5.69 Å². The van der Waals surface area contributed by atoms with Crippen molar-refractivity contribution < 1.29 is 33.2 Å². The molecule has 2 heterocycles. The molecule has 1 fully saturated rings. The van der Waals surface area contributed by atoms with E-state index in [0.29, 0.717) is 62.0 Å². The minimum atomic E-state index is -0.871. The van der Waals surface area contributed by atoms with Gasteiger partial charge in [0, 0.05) is 28.2 Å². The van der Waals surface area contributed by atoms with Crippen LogP contribution in [-0.4, -0.2) is 56.6 Å². The molecule has 0 bridgehead atoms. The number of rotatable bonds is 13. The summed E-state index contributed by atoms with van der Waals surface area (Å²) in [6, 6.07) is 22.1. The number of pyridine rings is 1. The van der Waals surface area contributed by atoms with Crippen molar-refractivity contribution in [3.63, 3.8) is 0 Å². The van der Waals surface area contributed by atoms with Crippen LogP contribution in [0.15, 0.2) is 72.9 Å². The van der Waals surface area contributed by atoms with Crippen LogP contribution in [0.5, 0.6) is 23.0 Å². The second-order valence-corrected chi connectivity index (χ2v) is 18.0. The molecule has 0 amide bonds. The summed E-state index contributed by atoms with van der Waals surface area (Å²) in [6.07, 6.45) is 9.97. The molecular formula is C49H59ClN2O7. The van der Waals surface area contributed by atoms with Crippen molar-refractivity contribution in [2.24, 2.45) is 17.8 Å². The highest BCUT2D eigenvalue weighted by molar-refractivity contribution is 6.30. The Hall–Kier alpha value is -4.47. The SMILES string of the molecule is COC(=O)C1(Nc2cccc(Cl)c2)CCC2(CC1)c1cc3c(cc1C[C@@H]2C[C@@H](C)COc1ccnc2c1[C@H](C)CCC2)OCC(C(C)OCc1ccc(OC)cc1)CO3. The first-order valence-corrected chi connectivity index (χ1v) is 21.9. The van der Waals surface area contributed by atoms with E-state index in [0.717, 1.165) is 66.4 Å². The van der Waals surface area contributed by atoms with Crippen molar-refractivity contribution in [1.29, 1.82) is 0 Å². The Labute approximate surface area is 354 Å². The fourth-order valence-corrected chi connectivity index (χ4v) is 10.5. The van der Waals surface area contributed by atoms with E-state index < -0.39 is 5.54 Å². The number of carbonyl (C=O) groups is 1. The summed E-state index contributed by atoms with van der Waals surface area (Å²) in [5.74, 6) is 4.29. The maximum absolute atomic E-state index is 13.7. The van der Waals surface area contributed by atoms with Crippen LogP contribution < -0.4 is 24.3 Å². The number of halogens is 1. The lowest BCUT2D eigenvalue weighted by Gasteiger charge is -2.47. The molecule has 0 saturated heterocycles. The highest BCUT2D eigenvalue weighted by atomic mass is 35.5. The topological polar surface area (TPSA) is 97.4 Å². The first kappa shape index (κ1) is 41.3. The van der Waals surface area contributed by atoms with Crippen molar-refractivity contribution in [2.75, 3.05) is 39.4 Å². The van der Waals surface area contributed by atoms with E-state index in [1.54, 1.807) is 7.11 Å². The predicted molar refractivity (Wildman–Crippen MR) is 230 cm³/mol. The van der Waals surface area contributed by atoms with Crippen LogP contribution >= 0.6 is 11.6 Å². The van der Waals surface area contributed by atoms with Gasteiger partial charge in [-0.25, -0.2) is 4.79 Å². The summed E-state index contributed by atoms with van der Waals surface area (Å²) in [6.45, 7) is 8.84. The monoisotopic (exact) mass is 822 g/mol. The highest BCUT2D eigenvalue weighted by Gasteiger charge is 2.55. The van der Waals surface area contributed by atoms with Gasteiger partial charge in [0.1, 0.15) is 17.0 Å². The zero-order valence-corrected chi connectivity index (χ0v) is 35.9. The first-order chi connectivity index (χ1) is 28.6. The molecule has 1 N–H and O–H groups in total. The molecule has 59 heavy (non-hydrogen) atoms. The van der Waals surface area contributed by atoms with Gasteiger partial charge in [-0.1, -0.05) is 43.6 Å². The molecule has 3 aliphatic carbocycles. The van der Waals surface area contributed by atoms with E-state index in [4.69, 9.17) is 45.0 Å². The van der Waals surface area contributed by atoms with Gasteiger partial charge in [-0.05, 0) is 153 Å². The Morgan fingerprint density at radius 2 is 1.75 bits per heavy atom. The molecular weight excluding hydrogens is 764 g/mol. The Kier molecular flexibility index (Phi) is 12.3. The lowest BCUT2D eigenvalue weighted by atomic mass is 9.59. The maximum Gasteiger partial charge on any atom is 0.331 e. The third-order valence-corrected chi connectivity index (χ3v) is 14.0. The molecule has 10 heteroatoms. The third-order valence-electron chi connectivity index (χ3n) is 13.8. The van der Waals surface area contributed by atoms with Gasteiger partial charge < -0.3 is 33.7 Å². The minimum Gasteiger partial charge on any atom is -0.497 e. The van der Waals surface area contributed by atoms with Gasteiger partial charge >= 0.3 is 5.97 Å². The summed E-state index contributed by atoms with van der Waals surface area (Å²) in [7, 11) is 3.15. The number of ether oxygens (including phenoxy) is 6. The van der Waals surface area contributed by atoms with E-state index in [1.807, 2.05) is 60.8 Å². The van der Waals surface area contributed by atoms with Crippen LogP contribution in [0.3, 0.4) is 0 Å². The summed E-state index contributed by atoms with van der Waals surface area (Å²) >= 11 is 6.39. The number of esters is 1. The highest BCUT2D eigenvalue weighted by Crippen LogP contribution is 2.58. The average Bonchev–Trinajstić information content (AvgIpc) is 3.36. The number of anilines is 1. The fraction of sp³-hybridized carbons (Fsp3) is 0.510. The first-order valence-electron chi connectivity index (χ1n) is 21.5. The minimum absolute atomic E-state index is 0.0555. The van der Waals surface area contributed by atoms with Gasteiger partial charge in [0.25, 0.3) is 0 Å². The Bertz CT molecular complexity index is 2100. The van der Waals surface area contributed by atoms with Gasteiger partial charge in [0.15, 0.2) is 11.5 Å². The molecule has 314 valence electrons. The molecule has 2 unspecified atom stereocenters. The zero-order valence-electron chi connectivity index (χ0n) is 35.2. The number of nitrogens with zero attached hydrogens (tertiary/aromatic N) is 1. The maximum atomic E-state index is 13.7. The van der Waals surface area contributed by atoms with Gasteiger partial charge in [0.2, 0.25) is 0 Å². The molecule has 8 rings (SSSR count). The largest absolute Gasteiger partial charge is 0.497 e. The lowest BCUT2D eigenvalue weighted by Crippen LogP contribution is -2.53. The number of carbonyl (C=O) groups excluding carboxylic acids is 1. The molecule has 1 aromatic heterocycles. The van der Waals surface area contributed by atoms with Gasteiger partial charge in [0.05, 0.1) is 52.7 Å². The number of hydrogen-bond donors (Lipinski definition) is 1. The van der Waals surface area contributed by atoms with Gasteiger partial charge in [-0.3, -0.25) is 4.98 Å². The van der Waals surface area contributed by atoms with Crippen LogP contribution in [0.2, 0.25) is 5.02 Å². The molecule has 5 atom stereocenters. The molecule has 9 nitrogen and oxygen atoms in total. The summed E-state index contributed by atoms with van der Waals surface area (Å²) in [5, 5.41) is 4.21. The number of fused-ring (bicyclic) bond motifs is 4. The van der Waals surface area contributed by atoms with Crippen molar-refractivity contribution in [1.82, 2.24) is 4.98 Å². The number of aryl methyl sites for hydroxylation is 1. The Morgan fingerprint density at radius 1 is 0.983 bits per heavy atom. The number of hydrogen-bond acceptors (Lipinski definition) is 9. The molecule has 4 aliphatic rings. The van der Waals surface area contributed by atoms with Gasteiger partial charge in [-0.2, -0.15) is 0 Å². The van der Waals surface area contributed by atoms with E-state index in [9.17, 15) is 4.79 Å². The standard InChI is InChI=1S/C49H59ClN2O7/c1-31(27-57-43-16-21-51-42-11-6-8-32(2)46(42)43)22-37-23-35-24-44-45(59-30-36(29-58-44)33(3)56-28-34-12-14-40(54-4)15-13-34)26-41(35)48(37)17-19-49(20-18-48,47(53)55-5)52-39-10-7-9-38(50)25-39/h7,9-10,12-16,21,24-26,31-33,36-37,52H,6,8,11,17-20,22-23,27-30H2,1-5H3/t31-,32-,33?,36?,37+,48?,49?/m1/s1. The molecule has 1 aliphatic heterocycles. The number of methoxy groups -OCH3 is 2. The number of nitrogens with one attached hydrogen (secondary N) is 1. The quantitative estimate of drug-likeness (QED) is 0.132. The number of aromatic nitrogens is 1. The Morgan fingerprint density at radius 3 is 2.47 bits per heavy atom. The van der Waals surface area contributed by atoms with Gasteiger partial charge in [-0.15, -0.1) is 0 Å². The molecule has 3 aromatic carbocycles. The fourth-order valence-electron chi connectivity index (χ4n) is 10.3. The summed E-state index contributed by atoms with van der Waals surface area (Å²) < 4.78 is 37.0. The van der Waals surface area contributed by atoms with Crippen LogP contribution in [0.1, 0.15) is 99.6 Å². The Balaban J connectivity index is 1.02. The second kappa shape index (κ2) is 17.6. The van der Waals surface area contributed by atoms with Crippen molar-refractivity contribution >= 4 is 23.3 Å². The smallest absolute Gasteiger partial charge is 0.331 e. The molecule has 1 spiro atoms. The summed E-state index contributed by atoms with van der Waals surface area (Å²) in [5.41, 5.74) is 5.96. The van der Waals surface area contributed by atoms with Crippen LogP contribution in [0.25, 0.3) is 0 Å². The molecule has 4 aromatic rings. The number of benzene rings is 3. The van der Waals surface area contributed by atoms with Crippen LogP contribution in [0, 0.1) is 17.8 Å². The van der Waals surface area contributed by atoms with Crippen molar-refractivity contribution in [3.05, 3.63) is 106 Å². The average molecular weight is 823 g/mol. The van der Waals surface area contributed by atoms with Crippen molar-refractivity contribution in [3.8, 4) is 23.0 Å². The third kappa shape index (κ3) is 8.60. The zero-order chi connectivity index (χ0) is 41.1. The van der Waals surface area contributed by atoms with E-state index in [1.165, 1.54) is 42.3 Å². The second-order valence-electron chi connectivity index (χ2n) is 17.6. The predicted octanol–water partition coefficient (Wildman–Crippen LogP) is 10.3. The van der Waals surface area contributed by atoms with E-state index in [2.05, 4.69) is 38.2 Å². The molecule has 0 radical (unpaired) electrons. The van der Waals surface area contributed by atoms with E-state index >= 15 is 0 Å². The lowest BCUT2D eigenvalue weighted by molar-refractivity contribution is -0.148. The molecule has 1 saturated carbocycles. The van der Waals surface area contributed by atoms with Crippen LogP contribution in [-0.2, 0) is 39.1 Å². The van der Waals surface area contributed by atoms with Crippen molar-refractivity contribution in [2.45, 2.75) is 108 Å².